The molecule has 0 aliphatic heterocycles. The quantitative estimate of drug-likeness (QED) is 0.307. The number of aromatic nitrogens is 1. The molecule has 3 aromatic rings. The predicted octanol–water partition coefficient (Wildman–Crippen LogP) is 7.05. The minimum Gasteiger partial charge on any atom is -0.326 e. The van der Waals surface area contributed by atoms with Gasteiger partial charge in [0.25, 0.3) is 0 Å². The van der Waals surface area contributed by atoms with Crippen LogP contribution in [0.15, 0.2) is 72.9 Å². The van der Waals surface area contributed by atoms with Crippen LogP contribution in [0.3, 0.4) is 0 Å². The number of hydrogen-bond acceptors (Lipinski definition) is 3. The van der Waals surface area contributed by atoms with E-state index in [9.17, 15) is 4.79 Å². The minimum atomic E-state index is -0.0632. The van der Waals surface area contributed by atoms with E-state index < -0.39 is 0 Å². The Bertz CT molecular complexity index is 1070. The summed E-state index contributed by atoms with van der Waals surface area (Å²) in [5.41, 5.74) is 12.2. The number of benzene rings is 2. The molecule has 1 aliphatic carbocycles. The van der Waals surface area contributed by atoms with E-state index in [1.165, 1.54) is 11.1 Å². The molecule has 36 heavy (non-hydrogen) atoms. The van der Waals surface area contributed by atoms with E-state index in [0.717, 1.165) is 42.6 Å². The van der Waals surface area contributed by atoms with Gasteiger partial charge in [0, 0.05) is 42.0 Å². The van der Waals surface area contributed by atoms with Crippen molar-refractivity contribution >= 4 is 36.4 Å². The largest absolute Gasteiger partial charge is 0.326 e. The van der Waals surface area contributed by atoms with Gasteiger partial charge in [0.1, 0.15) is 0 Å². The lowest BCUT2D eigenvalue weighted by Gasteiger charge is -2.29. The van der Waals surface area contributed by atoms with Gasteiger partial charge in [-0.05, 0) is 59.7 Å². The second kappa shape index (κ2) is 13.8. The average molecular weight is 529 g/mol. The molecule has 1 heterocycles. The molecule has 1 fully saturated rings. The van der Waals surface area contributed by atoms with E-state index in [1.54, 1.807) is 6.20 Å². The van der Waals surface area contributed by atoms with Crippen LogP contribution in [0.1, 0.15) is 57.2 Å². The maximum Gasteiger partial charge on any atom is 0.230 e. The van der Waals surface area contributed by atoms with Crippen LogP contribution in [-0.2, 0) is 11.2 Å². The van der Waals surface area contributed by atoms with Crippen LogP contribution in [0.25, 0.3) is 11.1 Å². The number of carbonyl (C=O) groups is 1. The molecule has 4 atom stereocenters. The molecule has 4 rings (SSSR count). The lowest BCUT2D eigenvalue weighted by atomic mass is 9.98. The number of rotatable bonds is 10. The second-order valence-electron chi connectivity index (χ2n) is 9.70. The molecule has 194 valence electrons. The molecular weight excluding hydrogens is 489 g/mol. The van der Waals surface area contributed by atoms with Crippen molar-refractivity contribution in [2.45, 2.75) is 58.4 Å². The fraction of sp³-hybridized carbons (Fsp3) is 0.400. The molecule has 0 unspecified atom stereocenters. The molecule has 4 nitrogen and oxygen atoms in total. The van der Waals surface area contributed by atoms with E-state index in [1.807, 2.05) is 23.1 Å². The first-order chi connectivity index (χ1) is 16.5. The highest BCUT2D eigenvalue weighted by Crippen LogP contribution is 2.48. The van der Waals surface area contributed by atoms with Gasteiger partial charge < -0.3 is 10.6 Å². The summed E-state index contributed by atoms with van der Waals surface area (Å²) in [6.07, 6.45) is 5.91. The third-order valence-electron chi connectivity index (χ3n) is 7.21. The Morgan fingerprint density at radius 3 is 2.19 bits per heavy atom. The number of amides is 1. The summed E-state index contributed by atoms with van der Waals surface area (Å²) in [6, 6.07) is 23.0. The third-order valence-corrected chi connectivity index (χ3v) is 7.21. The van der Waals surface area contributed by atoms with Crippen molar-refractivity contribution in [1.82, 2.24) is 4.98 Å². The van der Waals surface area contributed by atoms with Crippen LogP contribution in [0.4, 0.5) is 5.69 Å². The monoisotopic (exact) mass is 527 g/mol. The Hall–Kier alpha value is -2.40. The number of aryl methyl sites for hydroxylation is 1. The van der Waals surface area contributed by atoms with E-state index in [0.29, 0.717) is 12.5 Å². The van der Waals surface area contributed by atoms with E-state index in [2.05, 4.69) is 74.3 Å². The zero-order valence-electron chi connectivity index (χ0n) is 21.5. The SMILES string of the molecule is CCCc1ccc(-c2ccc(N(C[C@@H](N)[C@@H](C)CC)C(=O)[C@@H]3C[C@H]3c3ccccn3)cc2)cc1.Cl.Cl. The first-order valence-electron chi connectivity index (χ1n) is 12.7. The number of carbonyl (C=O) groups excluding carboxylic acids is 1. The number of hydrogen-bond donors (Lipinski definition) is 1. The molecule has 1 aliphatic rings. The van der Waals surface area contributed by atoms with Crippen molar-refractivity contribution in [2.75, 3.05) is 11.4 Å². The van der Waals surface area contributed by atoms with Crippen molar-refractivity contribution in [2.24, 2.45) is 17.6 Å². The van der Waals surface area contributed by atoms with Crippen molar-refractivity contribution in [3.63, 3.8) is 0 Å². The van der Waals surface area contributed by atoms with Crippen molar-refractivity contribution in [1.29, 1.82) is 0 Å². The van der Waals surface area contributed by atoms with Crippen LogP contribution in [0.2, 0.25) is 0 Å². The van der Waals surface area contributed by atoms with Crippen molar-refractivity contribution in [3.8, 4) is 11.1 Å². The molecule has 0 radical (unpaired) electrons. The number of halogens is 2. The summed E-state index contributed by atoms with van der Waals surface area (Å²) >= 11 is 0. The normalized spacial score (nSPS) is 17.8. The van der Waals surface area contributed by atoms with Gasteiger partial charge in [0.05, 0.1) is 0 Å². The minimum absolute atomic E-state index is 0. The van der Waals surface area contributed by atoms with Gasteiger partial charge >= 0.3 is 0 Å². The van der Waals surface area contributed by atoms with Crippen LogP contribution in [0.5, 0.6) is 0 Å². The number of pyridine rings is 1. The van der Waals surface area contributed by atoms with Crippen molar-refractivity contribution in [3.05, 3.63) is 84.2 Å². The predicted molar refractivity (Wildman–Crippen MR) is 155 cm³/mol. The summed E-state index contributed by atoms with van der Waals surface area (Å²) < 4.78 is 0. The topological polar surface area (TPSA) is 59.2 Å². The molecule has 0 spiro atoms. The highest BCUT2D eigenvalue weighted by atomic mass is 35.5. The first kappa shape index (κ1) is 29.8. The van der Waals surface area contributed by atoms with Gasteiger partial charge in [0.15, 0.2) is 0 Å². The maximum absolute atomic E-state index is 13.6. The summed E-state index contributed by atoms with van der Waals surface area (Å²) in [7, 11) is 0. The summed E-state index contributed by atoms with van der Waals surface area (Å²) in [6.45, 7) is 7.04. The molecule has 1 amide bonds. The first-order valence-corrected chi connectivity index (χ1v) is 12.7. The molecule has 1 saturated carbocycles. The van der Waals surface area contributed by atoms with Crippen molar-refractivity contribution < 1.29 is 4.79 Å². The van der Waals surface area contributed by atoms with Gasteiger partial charge in [-0.25, -0.2) is 0 Å². The van der Waals surface area contributed by atoms with Gasteiger partial charge in [0.2, 0.25) is 5.91 Å². The fourth-order valence-electron chi connectivity index (χ4n) is 4.59. The lowest BCUT2D eigenvalue weighted by molar-refractivity contribution is -0.120. The molecule has 1 aromatic heterocycles. The average Bonchev–Trinajstić information content (AvgIpc) is 3.69. The van der Waals surface area contributed by atoms with E-state index in [4.69, 9.17) is 5.73 Å². The van der Waals surface area contributed by atoms with Crippen LogP contribution in [0, 0.1) is 11.8 Å². The maximum atomic E-state index is 13.6. The smallest absolute Gasteiger partial charge is 0.230 e. The standard InChI is InChI=1S/C30H37N3O.2ClH/c1-4-8-22-10-12-23(13-11-22)24-14-16-25(17-15-24)33(20-28(31)21(3)5-2)30(34)27-19-26(27)29-9-6-7-18-32-29;;/h6-7,9-18,21,26-28H,4-5,8,19-20,31H2,1-3H3;2*1H/t21-,26+,27+,28+;;/m0../s1. The zero-order chi connectivity index (χ0) is 24.1. The Balaban J connectivity index is 0.00000228. The number of anilines is 1. The number of nitrogens with two attached hydrogens (primary N) is 1. The van der Waals surface area contributed by atoms with E-state index in [-0.39, 0.29) is 48.6 Å². The van der Waals surface area contributed by atoms with Gasteiger partial charge in [-0.15, -0.1) is 24.8 Å². The molecule has 6 heteroatoms. The molecule has 2 N–H and O–H groups in total. The van der Waals surface area contributed by atoms with Crippen LogP contribution in [-0.4, -0.2) is 23.5 Å². The van der Waals surface area contributed by atoms with Gasteiger partial charge in [-0.1, -0.05) is 76.1 Å². The lowest BCUT2D eigenvalue weighted by Crippen LogP contribution is -2.45. The van der Waals surface area contributed by atoms with Crippen LogP contribution < -0.4 is 10.6 Å². The Labute approximate surface area is 228 Å². The Morgan fingerprint density at radius 1 is 1.00 bits per heavy atom. The highest BCUT2D eigenvalue weighted by molar-refractivity contribution is 5.97. The van der Waals surface area contributed by atoms with Gasteiger partial charge in [-0.3, -0.25) is 9.78 Å². The molecular formula is C30H39Cl2N3O. The van der Waals surface area contributed by atoms with Crippen LogP contribution >= 0.6 is 24.8 Å². The molecule has 2 aromatic carbocycles. The number of nitrogens with zero attached hydrogens (tertiary/aromatic N) is 2. The summed E-state index contributed by atoms with van der Waals surface area (Å²) in [5, 5.41) is 0. The Kier molecular flexibility index (Phi) is 11.4. The zero-order valence-corrected chi connectivity index (χ0v) is 23.1. The fourth-order valence-corrected chi connectivity index (χ4v) is 4.59. The van der Waals surface area contributed by atoms with Gasteiger partial charge in [-0.2, -0.15) is 0 Å². The highest BCUT2D eigenvalue weighted by Gasteiger charge is 2.47. The summed E-state index contributed by atoms with van der Waals surface area (Å²) in [4.78, 5) is 20.0. The summed E-state index contributed by atoms with van der Waals surface area (Å²) in [5.74, 6) is 0.690. The second-order valence-corrected chi connectivity index (χ2v) is 9.70. The molecule has 0 saturated heterocycles. The third kappa shape index (κ3) is 7.09. The molecule has 0 bridgehead atoms. The Morgan fingerprint density at radius 2 is 1.64 bits per heavy atom. The van der Waals surface area contributed by atoms with E-state index >= 15 is 0 Å².